The Morgan fingerprint density at radius 1 is 1.80 bits per heavy atom. The van der Waals surface area contributed by atoms with E-state index >= 15 is 0 Å². The van der Waals surface area contributed by atoms with Gasteiger partial charge in [0.15, 0.2) is 0 Å². The van der Waals surface area contributed by atoms with Gasteiger partial charge in [0.1, 0.15) is 0 Å². The van der Waals surface area contributed by atoms with Crippen LogP contribution >= 0.6 is 0 Å². The van der Waals surface area contributed by atoms with Crippen LogP contribution in [0.4, 0.5) is 0 Å². The first kappa shape index (κ1) is 9.13. The molecular formula is C6H12N2O2. The maximum absolute atomic E-state index is 8.48. The van der Waals surface area contributed by atoms with Crippen molar-refractivity contribution in [2.75, 3.05) is 13.2 Å². The zero-order valence-electron chi connectivity index (χ0n) is 6.00. The van der Waals surface area contributed by atoms with Gasteiger partial charge in [0.2, 0.25) is 5.90 Å². The summed E-state index contributed by atoms with van der Waals surface area (Å²) in [6, 6.07) is 0. The van der Waals surface area contributed by atoms with Crippen molar-refractivity contribution in [3.05, 3.63) is 12.2 Å². The normalized spacial score (nSPS) is 11.3. The molecule has 0 radical (unpaired) electrons. The number of nitrogens with two attached hydrogens (primary N) is 1. The van der Waals surface area contributed by atoms with Crippen molar-refractivity contribution in [3.63, 3.8) is 0 Å². The van der Waals surface area contributed by atoms with Crippen LogP contribution in [-0.4, -0.2) is 24.2 Å². The van der Waals surface area contributed by atoms with Crippen LogP contribution in [0.5, 0.6) is 0 Å². The van der Waals surface area contributed by atoms with Gasteiger partial charge in [-0.2, -0.15) is 5.90 Å². The molecule has 0 bridgehead atoms. The largest absolute Gasteiger partial charge is 0.397 e. The number of aliphatic hydroxyl groups is 1. The molecule has 0 amide bonds. The van der Waals surface area contributed by atoms with Crippen molar-refractivity contribution in [2.24, 2.45) is 10.9 Å². The molecule has 58 valence electrons. The molecule has 0 aromatic rings. The van der Waals surface area contributed by atoms with Gasteiger partial charge in [-0.05, 0) is 5.57 Å². The van der Waals surface area contributed by atoms with E-state index in [4.69, 9.17) is 11.0 Å². The van der Waals surface area contributed by atoms with Crippen molar-refractivity contribution >= 4 is 5.90 Å². The van der Waals surface area contributed by atoms with E-state index < -0.39 is 0 Å². The monoisotopic (exact) mass is 144 g/mol. The Labute approximate surface area is 60.0 Å². The SMILES string of the molecule is C=C(CO)CN=C(C)ON. The van der Waals surface area contributed by atoms with Gasteiger partial charge in [-0.15, -0.1) is 0 Å². The van der Waals surface area contributed by atoms with E-state index in [1.165, 1.54) is 0 Å². The van der Waals surface area contributed by atoms with Gasteiger partial charge in [0.25, 0.3) is 0 Å². The van der Waals surface area contributed by atoms with Crippen LogP contribution in [0.15, 0.2) is 17.1 Å². The Kier molecular flexibility index (Phi) is 4.53. The van der Waals surface area contributed by atoms with Crippen molar-refractivity contribution in [1.29, 1.82) is 0 Å². The van der Waals surface area contributed by atoms with Crippen LogP contribution < -0.4 is 5.90 Å². The summed E-state index contributed by atoms with van der Waals surface area (Å²) in [4.78, 5) is 8.10. The Morgan fingerprint density at radius 2 is 2.40 bits per heavy atom. The van der Waals surface area contributed by atoms with Gasteiger partial charge in [0.05, 0.1) is 13.2 Å². The maximum atomic E-state index is 8.48. The summed E-state index contributed by atoms with van der Waals surface area (Å²) >= 11 is 0. The third-order valence-electron chi connectivity index (χ3n) is 0.919. The molecule has 0 rings (SSSR count). The number of nitrogens with zero attached hydrogens (tertiary/aromatic N) is 1. The highest BCUT2D eigenvalue weighted by atomic mass is 16.6. The first-order chi connectivity index (χ1) is 4.70. The van der Waals surface area contributed by atoms with E-state index in [-0.39, 0.29) is 6.61 Å². The Balaban J connectivity index is 3.61. The molecule has 0 spiro atoms. The molecule has 4 nitrogen and oxygen atoms in total. The predicted molar refractivity (Wildman–Crippen MR) is 39.5 cm³/mol. The van der Waals surface area contributed by atoms with Gasteiger partial charge < -0.3 is 9.94 Å². The quantitative estimate of drug-likeness (QED) is 0.250. The first-order valence-corrected chi connectivity index (χ1v) is 2.86. The van der Waals surface area contributed by atoms with Gasteiger partial charge >= 0.3 is 0 Å². The molecule has 10 heavy (non-hydrogen) atoms. The average Bonchev–Trinajstić information content (AvgIpc) is 1.99. The Bertz CT molecular complexity index is 143. The molecule has 0 saturated carbocycles. The van der Waals surface area contributed by atoms with Crippen LogP contribution in [0, 0.1) is 0 Å². The summed E-state index contributed by atoms with van der Waals surface area (Å²) in [6.07, 6.45) is 0. The van der Waals surface area contributed by atoms with Crippen molar-refractivity contribution in [1.82, 2.24) is 0 Å². The van der Waals surface area contributed by atoms with Crippen LogP contribution in [-0.2, 0) is 4.84 Å². The van der Waals surface area contributed by atoms with Crippen LogP contribution in [0.2, 0.25) is 0 Å². The fraction of sp³-hybridized carbons (Fsp3) is 0.500. The second-order valence-corrected chi connectivity index (χ2v) is 1.86. The molecule has 0 aromatic carbocycles. The molecule has 0 atom stereocenters. The van der Waals surface area contributed by atoms with E-state index in [0.29, 0.717) is 18.0 Å². The van der Waals surface area contributed by atoms with E-state index in [1.54, 1.807) is 6.92 Å². The summed E-state index contributed by atoms with van der Waals surface area (Å²) in [5.74, 6) is 5.16. The molecule has 0 aliphatic rings. The highest BCUT2D eigenvalue weighted by Crippen LogP contribution is 1.88. The molecule has 0 unspecified atom stereocenters. The smallest absolute Gasteiger partial charge is 0.206 e. The maximum Gasteiger partial charge on any atom is 0.206 e. The lowest BCUT2D eigenvalue weighted by molar-refractivity contribution is 0.314. The second-order valence-electron chi connectivity index (χ2n) is 1.86. The average molecular weight is 144 g/mol. The molecule has 0 aliphatic heterocycles. The summed E-state index contributed by atoms with van der Waals surface area (Å²) < 4.78 is 0. The van der Waals surface area contributed by atoms with Crippen LogP contribution in [0.3, 0.4) is 0 Å². The van der Waals surface area contributed by atoms with E-state index in [2.05, 4.69) is 16.4 Å². The van der Waals surface area contributed by atoms with Crippen LogP contribution in [0.25, 0.3) is 0 Å². The minimum absolute atomic E-state index is 0.0542. The third-order valence-corrected chi connectivity index (χ3v) is 0.919. The number of hydrogen-bond acceptors (Lipinski definition) is 4. The fourth-order valence-electron chi connectivity index (χ4n) is 0.310. The van der Waals surface area contributed by atoms with Gasteiger partial charge in [-0.25, -0.2) is 4.99 Å². The molecule has 0 aliphatic carbocycles. The lowest BCUT2D eigenvalue weighted by Gasteiger charge is -1.97. The van der Waals surface area contributed by atoms with Crippen molar-refractivity contribution in [3.8, 4) is 0 Å². The molecule has 0 aromatic heterocycles. The zero-order valence-corrected chi connectivity index (χ0v) is 6.00. The lowest BCUT2D eigenvalue weighted by atomic mass is 10.3. The Morgan fingerprint density at radius 3 is 2.80 bits per heavy atom. The number of rotatable bonds is 3. The predicted octanol–water partition coefficient (Wildman–Crippen LogP) is -0.156. The van der Waals surface area contributed by atoms with Crippen molar-refractivity contribution < 1.29 is 9.94 Å². The van der Waals surface area contributed by atoms with E-state index in [0.717, 1.165) is 0 Å². The lowest BCUT2D eigenvalue weighted by Crippen LogP contribution is -2.07. The van der Waals surface area contributed by atoms with Crippen LogP contribution in [0.1, 0.15) is 6.92 Å². The third kappa shape index (κ3) is 4.05. The van der Waals surface area contributed by atoms with Gasteiger partial charge in [0, 0.05) is 6.92 Å². The zero-order chi connectivity index (χ0) is 7.98. The molecule has 0 saturated heterocycles. The highest BCUT2D eigenvalue weighted by molar-refractivity contribution is 5.72. The molecule has 4 heteroatoms. The van der Waals surface area contributed by atoms with Gasteiger partial charge in [-0.1, -0.05) is 6.58 Å². The molecule has 0 fully saturated rings. The van der Waals surface area contributed by atoms with Crippen molar-refractivity contribution in [2.45, 2.75) is 6.92 Å². The minimum atomic E-state index is -0.0542. The molecular weight excluding hydrogens is 132 g/mol. The number of hydrogen-bond donors (Lipinski definition) is 2. The summed E-state index contributed by atoms with van der Waals surface area (Å²) in [5.41, 5.74) is 0.636. The Hall–Kier alpha value is -0.870. The second kappa shape index (κ2) is 4.96. The van der Waals surface area contributed by atoms with E-state index in [1.807, 2.05) is 0 Å². The summed E-state index contributed by atoms with van der Waals surface area (Å²) in [6.45, 7) is 5.46. The van der Waals surface area contributed by atoms with Gasteiger partial charge in [-0.3, -0.25) is 0 Å². The summed E-state index contributed by atoms with van der Waals surface area (Å²) in [7, 11) is 0. The number of aliphatic hydroxyl groups excluding tert-OH is 1. The number of aliphatic imine (C=N–C) groups is 1. The standard InChI is InChI=1S/C6H12N2O2/c1-5(4-9)3-8-6(2)10-7/h9H,1,3-4,7H2,2H3. The van der Waals surface area contributed by atoms with E-state index in [9.17, 15) is 0 Å². The highest BCUT2D eigenvalue weighted by Gasteiger charge is 1.90. The molecule has 0 heterocycles. The molecule has 3 N–H and O–H groups in total. The fourth-order valence-corrected chi connectivity index (χ4v) is 0.310. The topological polar surface area (TPSA) is 67.8 Å². The minimum Gasteiger partial charge on any atom is -0.397 e. The first-order valence-electron chi connectivity index (χ1n) is 2.86. The summed E-state index contributed by atoms with van der Waals surface area (Å²) in [5, 5.41) is 8.48.